The number of aromatic nitrogens is 1. The van der Waals surface area contributed by atoms with E-state index < -0.39 is 0 Å². The van der Waals surface area contributed by atoms with Crippen molar-refractivity contribution in [2.24, 2.45) is 23.2 Å². The third-order valence-electron chi connectivity index (χ3n) is 5.96. The second kappa shape index (κ2) is 4.77. The van der Waals surface area contributed by atoms with Gasteiger partial charge in [-0.25, -0.2) is 0 Å². The highest BCUT2D eigenvalue weighted by Gasteiger charge is 2.51. The van der Waals surface area contributed by atoms with Crippen LogP contribution < -0.4 is 0 Å². The Morgan fingerprint density at radius 2 is 1.86 bits per heavy atom. The van der Waals surface area contributed by atoms with Crippen molar-refractivity contribution in [2.75, 3.05) is 13.6 Å². The number of carbonyl (C=O) groups excluding carboxylic acids is 1. The minimum absolute atomic E-state index is 0.0673. The lowest BCUT2D eigenvalue weighted by molar-refractivity contribution is -0.0629. The zero-order chi connectivity index (χ0) is 14.6. The van der Waals surface area contributed by atoms with Gasteiger partial charge in [-0.3, -0.25) is 4.79 Å². The van der Waals surface area contributed by atoms with Crippen LogP contribution in [0, 0.1) is 23.2 Å². The predicted molar refractivity (Wildman–Crippen MR) is 83.4 cm³/mol. The normalized spacial score (nSPS) is 37.0. The topological polar surface area (TPSA) is 36.1 Å². The van der Waals surface area contributed by atoms with Crippen LogP contribution in [0.25, 0.3) is 0 Å². The summed E-state index contributed by atoms with van der Waals surface area (Å²) in [5, 5.41) is 0.599. The first kappa shape index (κ1) is 13.7. The monoisotopic (exact) mass is 306 g/mol. The summed E-state index contributed by atoms with van der Waals surface area (Å²) >= 11 is 5.91. The van der Waals surface area contributed by atoms with Gasteiger partial charge in [0.25, 0.3) is 5.91 Å². The van der Waals surface area contributed by atoms with Crippen molar-refractivity contribution in [1.29, 1.82) is 0 Å². The van der Waals surface area contributed by atoms with Crippen molar-refractivity contribution in [2.45, 2.75) is 38.5 Å². The number of carbonyl (C=O) groups is 1. The molecule has 0 spiro atoms. The third-order valence-corrected chi connectivity index (χ3v) is 6.18. The van der Waals surface area contributed by atoms with Crippen LogP contribution >= 0.6 is 11.6 Å². The molecule has 4 heteroatoms. The first-order valence-corrected chi connectivity index (χ1v) is 8.50. The van der Waals surface area contributed by atoms with E-state index in [9.17, 15) is 4.79 Å². The van der Waals surface area contributed by atoms with Crippen LogP contribution in [0.4, 0.5) is 0 Å². The molecule has 1 aromatic rings. The van der Waals surface area contributed by atoms with Crippen molar-refractivity contribution in [3.8, 4) is 0 Å². The fraction of sp³-hybridized carbons (Fsp3) is 0.706. The molecular weight excluding hydrogens is 284 g/mol. The quantitative estimate of drug-likeness (QED) is 0.901. The minimum Gasteiger partial charge on any atom is -0.356 e. The van der Waals surface area contributed by atoms with Crippen molar-refractivity contribution in [3.05, 3.63) is 23.0 Å². The number of nitrogens with zero attached hydrogens (tertiary/aromatic N) is 1. The molecule has 0 aromatic carbocycles. The number of halogens is 1. The van der Waals surface area contributed by atoms with Crippen LogP contribution in [-0.4, -0.2) is 29.4 Å². The fourth-order valence-corrected chi connectivity index (χ4v) is 5.92. The van der Waals surface area contributed by atoms with Gasteiger partial charge >= 0.3 is 0 Å². The Hall–Kier alpha value is -0.960. The van der Waals surface area contributed by atoms with E-state index >= 15 is 0 Å². The molecule has 4 aliphatic rings. The van der Waals surface area contributed by atoms with Gasteiger partial charge < -0.3 is 9.88 Å². The molecule has 5 rings (SSSR count). The van der Waals surface area contributed by atoms with Crippen LogP contribution in [0.1, 0.15) is 49.0 Å². The van der Waals surface area contributed by atoms with Gasteiger partial charge in [-0.05, 0) is 67.8 Å². The number of hydrogen-bond acceptors (Lipinski definition) is 1. The highest BCUT2D eigenvalue weighted by molar-refractivity contribution is 6.30. The molecule has 4 aliphatic carbocycles. The number of H-pyrrole nitrogens is 1. The molecule has 4 bridgehead atoms. The Morgan fingerprint density at radius 3 is 2.33 bits per heavy atom. The maximum atomic E-state index is 12.5. The van der Waals surface area contributed by atoms with Gasteiger partial charge in [0.1, 0.15) is 5.69 Å². The van der Waals surface area contributed by atoms with Crippen molar-refractivity contribution >= 4 is 17.5 Å². The molecule has 0 aliphatic heterocycles. The molecule has 0 atom stereocenters. The van der Waals surface area contributed by atoms with E-state index in [0.29, 0.717) is 16.1 Å². The summed E-state index contributed by atoms with van der Waals surface area (Å²) < 4.78 is 0. The summed E-state index contributed by atoms with van der Waals surface area (Å²) in [6.07, 6.45) is 10.0. The highest BCUT2D eigenvalue weighted by atomic mass is 35.5. The molecule has 1 heterocycles. The highest BCUT2D eigenvalue weighted by Crippen LogP contribution is 2.60. The zero-order valence-corrected chi connectivity index (χ0v) is 13.3. The van der Waals surface area contributed by atoms with Crippen LogP contribution in [0.15, 0.2) is 12.3 Å². The van der Waals surface area contributed by atoms with Gasteiger partial charge in [0.05, 0.1) is 5.02 Å². The Kier molecular flexibility index (Phi) is 3.11. The first-order valence-electron chi connectivity index (χ1n) is 8.12. The molecule has 1 amide bonds. The smallest absolute Gasteiger partial charge is 0.270 e. The molecule has 0 unspecified atom stereocenters. The summed E-state index contributed by atoms with van der Waals surface area (Å²) in [6.45, 7) is 0.909. The Morgan fingerprint density at radius 1 is 1.29 bits per heavy atom. The Labute approximate surface area is 131 Å². The first-order chi connectivity index (χ1) is 10.0. The predicted octanol–water partition coefficient (Wildman–Crippen LogP) is 3.96. The Bertz CT molecular complexity index is 530. The van der Waals surface area contributed by atoms with E-state index in [0.717, 1.165) is 24.3 Å². The van der Waals surface area contributed by atoms with Crippen LogP contribution in [0.3, 0.4) is 0 Å². The number of hydrogen-bond donors (Lipinski definition) is 1. The molecule has 0 saturated heterocycles. The molecule has 1 aromatic heterocycles. The largest absolute Gasteiger partial charge is 0.356 e. The number of nitrogens with one attached hydrogen (secondary N) is 1. The van der Waals surface area contributed by atoms with Crippen molar-refractivity contribution in [3.63, 3.8) is 0 Å². The molecule has 4 fully saturated rings. The average molecular weight is 307 g/mol. The minimum atomic E-state index is 0.0673. The molecule has 3 nitrogen and oxygen atoms in total. The lowest BCUT2D eigenvalue weighted by atomic mass is 9.49. The summed E-state index contributed by atoms with van der Waals surface area (Å²) in [7, 11) is 1.94. The van der Waals surface area contributed by atoms with Gasteiger partial charge in [-0.2, -0.15) is 0 Å². The second-order valence-corrected chi connectivity index (χ2v) is 8.25. The molecule has 0 radical (unpaired) electrons. The van der Waals surface area contributed by atoms with Gasteiger partial charge in [-0.15, -0.1) is 0 Å². The molecule has 21 heavy (non-hydrogen) atoms. The number of rotatable bonds is 3. The fourth-order valence-electron chi connectivity index (χ4n) is 5.76. The van der Waals surface area contributed by atoms with Crippen LogP contribution in [0.5, 0.6) is 0 Å². The van der Waals surface area contributed by atoms with E-state index in [1.165, 1.54) is 38.5 Å². The van der Waals surface area contributed by atoms with E-state index in [4.69, 9.17) is 11.6 Å². The summed E-state index contributed by atoms with van der Waals surface area (Å²) in [4.78, 5) is 17.4. The maximum Gasteiger partial charge on any atom is 0.270 e. The molecule has 1 N–H and O–H groups in total. The van der Waals surface area contributed by atoms with E-state index in [1.54, 1.807) is 12.3 Å². The molecule has 4 saturated carbocycles. The summed E-state index contributed by atoms with van der Waals surface area (Å²) in [5.41, 5.74) is 1.00. The van der Waals surface area contributed by atoms with Gasteiger partial charge in [0, 0.05) is 19.8 Å². The van der Waals surface area contributed by atoms with E-state index in [1.807, 2.05) is 11.9 Å². The van der Waals surface area contributed by atoms with Crippen molar-refractivity contribution in [1.82, 2.24) is 9.88 Å². The van der Waals surface area contributed by atoms with Crippen LogP contribution in [-0.2, 0) is 0 Å². The van der Waals surface area contributed by atoms with Crippen molar-refractivity contribution < 1.29 is 4.79 Å². The molecular formula is C17H23ClN2O. The zero-order valence-electron chi connectivity index (χ0n) is 12.6. The summed E-state index contributed by atoms with van der Waals surface area (Å²) in [5.74, 6) is 2.86. The third kappa shape index (κ3) is 2.40. The number of amides is 1. The lowest BCUT2D eigenvalue weighted by Crippen LogP contribution is -2.51. The number of aromatic amines is 1. The van der Waals surface area contributed by atoms with E-state index in [-0.39, 0.29) is 5.91 Å². The lowest BCUT2D eigenvalue weighted by Gasteiger charge is -2.57. The van der Waals surface area contributed by atoms with Gasteiger partial charge in [-0.1, -0.05) is 11.6 Å². The Balaban J connectivity index is 1.49. The van der Waals surface area contributed by atoms with Gasteiger partial charge in [0.15, 0.2) is 0 Å². The molecule has 114 valence electrons. The maximum absolute atomic E-state index is 12.5. The second-order valence-electron chi connectivity index (χ2n) is 7.81. The van der Waals surface area contributed by atoms with Crippen LogP contribution in [0.2, 0.25) is 5.02 Å². The van der Waals surface area contributed by atoms with E-state index in [2.05, 4.69) is 4.98 Å². The standard InChI is InChI=1S/C17H23ClN2O/c1-20(16(21)15-5-14(18)9-19-15)10-17-6-11-2-12(7-17)4-13(3-11)8-17/h5,9,11-13,19H,2-4,6-8,10H2,1H3. The average Bonchev–Trinajstić information content (AvgIpc) is 2.82. The van der Waals surface area contributed by atoms with Gasteiger partial charge in [0.2, 0.25) is 0 Å². The summed E-state index contributed by atoms with van der Waals surface area (Å²) in [6, 6.07) is 1.72. The SMILES string of the molecule is CN(CC12CC3CC(CC(C3)C1)C2)C(=O)c1cc(Cl)c[nH]1.